The molecular weight excluding hydrogens is 456 g/mol. The van der Waals surface area contributed by atoms with Crippen LogP contribution in [0.1, 0.15) is 30.9 Å². The maximum absolute atomic E-state index is 12.8. The number of hydroxylamine groups is 1. The first-order valence-corrected chi connectivity index (χ1v) is 11.7. The lowest BCUT2D eigenvalue weighted by Crippen LogP contribution is -2.38. The third-order valence-corrected chi connectivity index (χ3v) is 7.52. The van der Waals surface area contributed by atoms with E-state index in [1.165, 1.54) is 19.2 Å². The molecule has 1 atom stereocenters. The summed E-state index contributed by atoms with van der Waals surface area (Å²) in [4.78, 5) is 28.7. The average Bonchev–Trinajstić information content (AvgIpc) is 2.78. The number of sulfonamides is 1. The third-order valence-electron chi connectivity index (χ3n) is 5.22. The minimum absolute atomic E-state index is 0.0219. The molecule has 0 unspecified atom stereocenters. The Morgan fingerprint density at radius 2 is 1.78 bits per heavy atom. The van der Waals surface area contributed by atoms with E-state index in [0.717, 1.165) is 5.56 Å². The Hall–Kier alpha value is -2.72. The number of rotatable bonds is 9. The Bertz CT molecular complexity index is 1300. The Balaban J connectivity index is 1.97. The van der Waals surface area contributed by atoms with Crippen LogP contribution in [0.3, 0.4) is 0 Å². The van der Waals surface area contributed by atoms with Crippen LogP contribution in [-0.2, 0) is 21.3 Å². The maximum Gasteiger partial charge on any atom is 0.270 e. The lowest BCUT2D eigenvalue weighted by atomic mass is 9.90. The summed E-state index contributed by atoms with van der Waals surface area (Å²) in [6.07, 6.45) is 0.309. The van der Waals surface area contributed by atoms with Gasteiger partial charge >= 0.3 is 0 Å². The van der Waals surface area contributed by atoms with E-state index in [9.17, 15) is 23.1 Å². The molecule has 32 heavy (non-hydrogen) atoms. The van der Waals surface area contributed by atoms with Crippen LogP contribution in [0.4, 0.5) is 11.4 Å². The molecule has 8 nitrogen and oxygen atoms in total. The molecule has 0 aliphatic carbocycles. The first-order valence-electron chi connectivity index (χ1n) is 9.85. The van der Waals surface area contributed by atoms with Crippen molar-refractivity contribution in [1.29, 1.82) is 0 Å². The summed E-state index contributed by atoms with van der Waals surface area (Å²) in [6.45, 7) is 3.47. The molecule has 0 bridgehead atoms. The van der Waals surface area contributed by atoms with Crippen molar-refractivity contribution in [3.8, 4) is 5.75 Å². The van der Waals surface area contributed by atoms with E-state index in [1.54, 1.807) is 6.92 Å². The Morgan fingerprint density at radius 3 is 2.38 bits per heavy atom. The van der Waals surface area contributed by atoms with Gasteiger partial charge in [-0.25, -0.2) is 8.42 Å². The van der Waals surface area contributed by atoms with Gasteiger partial charge in [0.1, 0.15) is 4.90 Å². The molecule has 3 aromatic rings. The van der Waals surface area contributed by atoms with Gasteiger partial charge in [-0.05, 0) is 37.0 Å². The summed E-state index contributed by atoms with van der Waals surface area (Å²) in [5, 5.41) is 13.2. The number of aromatic hydroxyl groups is 1. The highest BCUT2D eigenvalue weighted by Gasteiger charge is 2.32. The molecule has 2 N–H and O–H groups in total. The monoisotopic (exact) mass is 478 g/mol. The zero-order valence-electron chi connectivity index (χ0n) is 17.8. The number of halogens is 1. The Kier molecular flexibility index (Phi) is 7.04. The molecule has 170 valence electrons. The predicted octanol–water partition coefficient (Wildman–Crippen LogP) is 3.30. The van der Waals surface area contributed by atoms with E-state index in [0.29, 0.717) is 10.9 Å². The first kappa shape index (κ1) is 23.9. The zero-order valence-corrected chi connectivity index (χ0v) is 19.3. The van der Waals surface area contributed by atoms with Gasteiger partial charge in [-0.2, -0.15) is 0 Å². The van der Waals surface area contributed by atoms with Gasteiger partial charge in [0.15, 0.2) is 5.75 Å². The highest BCUT2D eigenvalue weighted by atomic mass is 35.5. The fourth-order valence-corrected chi connectivity index (χ4v) is 5.35. The van der Waals surface area contributed by atoms with Gasteiger partial charge in [0.05, 0.1) is 23.5 Å². The van der Waals surface area contributed by atoms with E-state index in [1.807, 2.05) is 37.3 Å². The molecule has 0 saturated heterocycles. The number of nitrogens with one attached hydrogen (secondary N) is 1. The number of phenols is 1. The van der Waals surface area contributed by atoms with Crippen LogP contribution in [0, 0.1) is 0 Å². The topological polar surface area (TPSA) is 113 Å². The molecule has 0 fully saturated rings. The molecule has 3 rings (SSSR count). The van der Waals surface area contributed by atoms with E-state index in [2.05, 4.69) is 5.32 Å². The van der Waals surface area contributed by atoms with Crippen LogP contribution in [0.5, 0.6) is 5.75 Å². The second-order valence-corrected chi connectivity index (χ2v) is 9.40. The molecule has 3 aromatic carbocycles. The summed E-state index contributed by atoms with van der Waals surface area (Å²) in [7, 11) is -3.10. The number of benzene rings is 2. The fourth-order valence-electron chi connectivity index (χ4n) is 3.50. The highest BCUT2D eigenvalue weighted by molar-refractivity contribution is 7.89. The van der Waals surface area contributed by atoms with Gasteiger partial charge < -0.3 is 10.4 Å². The van der Waals surface area contributed by atoms with Crippen LogP contribution in [0.25, 0.3) is 0 Å². The van der Waals surface area contributed by atoms with Crippen LogP contribution in [-0.4, -0.2) is 31.6 Å². The van der Waals surface area contributed by atoms with Gasteiger partial charge in [0.25, 0.3) is 10.0 Å². The standard InChI is InChI=1S/C22H23ClN2O6S/c1-4-25(31-3)32(29,30)22-16(23)10-11-17(20(22)27)24-18-15(19(26)21(18)28)12-13(2)14-8-6-5-7-9-14/h5-11,13,24,27H,4,12H2,1-3H3/t13-/m0/s1. The predicted molar refractivity (Wildman–Crippen MR) is 123 cm³/mol. The second kappa shape index (κ2) is 9.41. The lowest BCUT2D eigenvalue weighted by molar-refractivity contribution is -0.0443. The fraction of sp³-hybridized carbons (Fsp3) is 0.273. The quantitative estimate of drug-likeness (QED) is 0.275. The SMILES string of the molecule is CCN(OC)S(=O)(=O)c1c(Cl)ccc(Nc2c(C[C@H](C)c3ccccc3)c(=O)c2=O)c1O. The molecule has 0 aliphatic rings. The maximum atomic E-state index is 12.8. The van der Waals surface area contributed by atoms with Crippen LogP contribution in [0.15, 0.2) is 56.9 Å². The first-order chi connectivity index (χ1) is 15.1. The average molecular weight is 479 g/mol. The van der Waals surface area contributed by atoms with Crippen molar-refractivity contribution in [3.63, 3.8) is 0 Å². The second-order valence-electron chi connectivity index (χ2n) is 7.23. The Morgan fingerprint density at radius 1 is 1.12 bits per heavy atom. The van der Waals surface area contributed by atoms with Crippen molar-refractivity contribution in [2.45, 2.75) is 31.1 Å². The summed E-state index contributed by atoms with van der Waals surface area (Å²) in [5.74, 6) is -0.710. The van der Waals surface area contributed by atoms with Crippen molar-refractivity contribution in [2.24, 2.45) is 0 Å². The molecule has 0 spiro atoms. The molecule has 0 amide bonds. The number of hydrogen-bond acceptors (Lipinski definition) is 7. The minimum atomic E-state index is -4.28. The van der Waals surface area contributed by atoms with E-state index >= 15 is 0 Å². The van der Waals surface area contributed by atoms with Crippen molar-refractivity contribution in [3.05, 3.63) is 79.1 Å². The van der Waals surface area contributed by atoms with Crippen LogP contribution < -0.4 is 16.2 Å². The minimum Gasteiger partial charge on any atom is -0.504 e. The number of hydrogen-bond donors (Lipinski definition) is 2. The molecular formula is C22H23ClN2O6S. The zero-order chi connectivity index (χ0) is 23.6. The van der Waals surface area contributed by atoms with Gasteiger partial charge in [-0.1, -0.05) is 53.3 Å². The van der Waals surface area contributed by atoms with Crippen LogP contribution >= 0.6 is 11.6 Å². The number of nitrogens with zero attached hydrogens (tertiary/aromatic N) is 1. The summed E-state index contributed by atoms with van der Waals surface area (Å²) < 4.78 is 26.3. The summed E-state index contributed by atoms with van der Waals surface area (Å²) in [6, 6.07) is 12.1. The van der Waals surface area contributed by atoms with E-state index < -0.39 is 31.5 Å². The van der Waals surface area contributed by atoms with Crippen molar-refractivity contribution in [2.75, 3.05) is 19.0 Å². The van der Waals surface area contributed by atoms with Crippen LogP contribution in [0.2, 0.25) is 5.02 Å². The van der Waals surface area contributed by atoms with E-state index in [4.69, 9.17) is 16.4 Å². The normalized spacial score (nSPS) is 12.9. The molecule has 0 aromatic heterocycles. The molecule has 0 aliphatic heterocycles. The van der Waals surface area contributed by atoms with Crippen molar-refractivity contribution in [1.82, 2.24) is 4.47 Å². The largest absolute Gasteiger partial charge is 0.504 e. The third kappa shape index (κ3) is 4.29. The number of phenolic OH excluding ortho intramolecular Hbond substituents is 1. The smallest absolute Gasteiger partial charge is 0.270 e. The van der Waals surface area contributed by atoms with Gasteiger partial charge in [0.2, 0.25) is 10.9 Å². The summed E-state index contributed by atoms with van der Waals surface area (Å²) in [5.41, 5.74) is -0.0801. The van der Waals surface area contributed by atoms with Gasteiger partial charge in [0, 0.05) is 12.1 Å². The number of anilines is 2. The van der Waals surface area contributed by atoms with E-state index in [-0.39, 0.29) is 34.4 Å². The Labute approximate surface area is 190 Å². The van der Waals surface area contributed by atoms with Gasteiger partial charge in [-0.15, -0.1) is 0 Å². The summed E-state index contributed by atoms with van der Waals surface area (Å²) >= 11 is 6.06. The van der Waals surface area contributed by atoms with Crippen molar-refractivity contribution >= 4 is 33.0 Å². The molecule has 0 radical (unpaired) electrons. The lowest BCUT2D eigenvalue weighted by Gasteiger charge is -2.21. The molecule has 0 heterocycles. The van der Waals surface area contributed by atoms with Gasteiger partial charge in [-0.3, -0.25) is 14.4 Å². The highest BCUT2D eigenvalue weighted by Crippen LogP contribution is 2.39. The molecule has 10 heteroatoms. The van der Waals surface area contributed by atoms with Crippen molar-refractivity contribution < 1.29 is 18.4 Å². The molecule has 0 saturated carbocycles.